The minimum absolute atomic E-state index is 0.0328. The van der Waals surface area contributed by atoms with Gasteiger partial charge < -0.3 is 15.1 Å². The summed E-state index contributed by atoms with van der Waals surface area (Å²) in [5.74, 6) is 0.409. The van der Waals surface area contributed by atoms with Gasteiger partial charge in [0, 0.05) is 23.7 Å². The van der Waals surface area contributed by atoms with Crippen LogP contribution in [0.5, 0.6) is 11.8 Å². The Labute approximate surface area is 179 Å². The lowest BCUT2D eigenvalue weighted by Crippen LogP contribution is -2.58. The first-order valence-electron chi connectivity index (χ1n) is 12.1. The molecular formula is C25H46N2O2. The van der Waals surface area contributed by atoms with E-state index in [9.17, 15) is 10.2 Å². The van der Waals surface area contributed by atoms with Crippen molar-refractivity contribution in [1.82, 2.24) is 4.57 Å². The standard InChI is InChI=1S/C25H46N2O2/c1-6-7-8-9-10-11-12-13-14-15-19-26-22(28)20-21(23(26)29)27-24(2,3)17-16-18-25(27,4)5/h20,28-29H,6-19H2,1-5H3. The Bertz CT molecular complexity index is 603. The third-order valence-corrected chi connectivity index (χ3v) is 6.79. The van der Waals surface area contributed by atoms with Gasteiger partial charge in [0.25, 0.3) is 0 Å². The van der Waals surface area contributed by atoms with Crippen LogP contribution in [0, 0.1) is 0 Å². The molecule has 1 aliphatic rings. The van der Waals surface area contributed by atoms with Gasteiger partial charge in [-0.3, -0.25) is 4.57 Å². The third kappa shape index (κ3) is 6.33. The Morgan fingerprint density at radius 2 is 1.28 bits per heavy atom. The fourth-order valence-electron chi connectivity index (χ4n) is 5.30. The van der Waals surface area contributed by atoms with E-state index in [2.05, 4.69) is 39.5 Å². The van der Waals surface area contributed by atoms with Gasteiger partial charge in [0.1, 0.15) is 5.69 Å². The quantitative estimate of drug-likeness (QED) is 0.356. The molecule has 1 aromatic rings. The normalized spacial score (nSPS) is 18.3. The molecule has 0 aromatic carbocycles. The van der Waals surface area contributed by atoms with Gasteiger partial charge in [0.05, 0.1) is 0 Å². The van der Waals surface area contributed by atoms with E-state index in [-0.39, 0.29) is 22.8 Å². The van der Waals surface area contributed by atoms with Crippen LogP contribution in [0.2, 0.25) is 0 Å². The molecule has 2 heterocycles. The van der Waals surface area contributed by atoms with Gasteiger partial charge in [-0.05, 0) is 53.4 Å². The molecular weight excluding hydrogens is 360 g/mol. The molecule has 0 bridgehead atoms. The van der Waals surface area contributed by atoms with Crippen molar-refractivity contribution < 1.29 is 10.2 Å². The highest BCUT2D eigenvalue weighted by Crippen LogP contribution is 2.47. The molecule has 0 amide bonds. The minimum Gasteiger partial charge on any atom is -0.494 e. The van der Waals surface area contributed by atoms with Crippen molar-refractivity contribution in [3.05, 3.63) is 6.07 Å². The summed E-state index contributed by atoms with van der Waals surface area (Å²) in [6.07, 6.45) is 16.2. The van der Waals surface area contributed by atoms with E-state index in [0.29, 0.717) is 6.54 Å². The van der Waals surface area contributed by atoms with Crippen LogP contribution < -0.4 is 4.90 Å². The monoisotopic (exact) mass is 406 g/mol. The number of nitrogens with zero attached hydrogens (tertiary/aromatic N) is 2. The first kappa shape index (κ1) is 24.0. The molecule has 2 rings (SSSR count). The SMILES string of the molecule is CCCCCCCCCCCCn1c(O)cc(N2C(C)(C)CCCC2(C)C)c1O. The third-order valence-electron chi connectivity index (χ3n) is 6.79. The van der Waals surface area contributed by atoms with Crippen molar-refractivity contribution in [3.8, 4) is 11.8 Å². The second-order valence-corrected chi connectivity index (χ2v) is 10.4. The molecule has 0 aliphatic carbocycles. The van der Waals surface area contributed by atoms with Crippen molar-refractivity contribution in [2.75, 3.05) is 4.90 Å². The zero-order valence-corrected chi connectivity index (χ0v) is 19.8. The highest BCUT2D eigenvalue weighted by molar-refractivity contribution is 5.63. The molecule has 29 heavy (non-hydrogen) atoms. The van der Waals surface area contributed by atoms with E-state index in [1.54, 1.807) is 10.6 Å². The summed E-state index contributed by atoms with van der Waals surface area (Å²) in [7, 11) is 0. The molecule has 0 atom stereocenters. The number of hydrogen-bond acceptors (Lipinski definition) is 3. The largest absolute Gasteiger partial charge is 0.494 e. The molecule has 0 saturated carbocycles. The fraction of sp³-hybridized carbons (Fsp3) is 0.840. The zero-order valence-electron chi connectivity index (χ0n) is 19.8. The maximum atomic E-state index is 10.9. The fourth-order valence-corrected chi connectivity index (χ4v) is 5.30. The summed E-state index contributed by atoms with van der Waals surface area (Å²) < 4.78 is 1.70. The van der Waals surface area contributed by atoms with E-state index in [1.807, 2.05) is 0 Å². The van der Waals surface area contributed by atoms with Crippen molar-refractivity contribution >= 4 is 5.69 Å². The van der Waals surface area contributed by atoms with Crippen LogP contribution in [-0.2, 0) is 6.54 Å². The van der Waals surface area contributed by atoms with E-state index in [4.69, 9.17) is 0 Å². The van der Waals surface area contributed by atoms with E-state index in [1.165, 1.54) is 57.8 Å². The molecule has 0 radical (unpaired) electrons. The van der Waals surface area contributed by atoms with Gasteiger partial charge in [-0.25, -0.2) is 0 Å². The zero-order chi connectivity index (χ0) is 21.5. The number of piperidine rings is 1. The Kier molecular flexibility index (Phi) is 8.78. The van der Waals surface area contributed by atoms with Gasteiger partial charge in [-0.1, -0.05) is 64.7 Å². The molecule has 0 spiro atoms. The van der Waals surface area contributed by atoms with Crippen LogP contribution in [-0.4, -0.2) is 25.9 Å². The Morgan fingerprint density at radius 3 is 1.79 bits per heavy atom. The average Bonchev–Trinajstić information content (AvgIpc) is 2.89. The summed E-state index contributed by atoms with van der Waals surface area (Å²) in [4.78, 5) is 2.33. The van der Waals surface area contributed by atoms with Crippen LogP contribution in [0.4, 0.5) is 5.69 Å². The first-order chi connectivity index (χ1) is 13.7. The van der Waals surface area contributed by atoms with Gasteiger partial charge in [-0.2, -0.15) is 0 Å². The van der Waals surface area contributed by atoms with Gasteiger partial charge in [0.15, 0.2) is 5.88 Å². The van der Waals surface area contributed by atoms with E-state index >= 15 is 0 Å². The van der Waals surface area contributed by atoms with Crippen molar-refractivity contribution in [3.63, 3.8) is 0 Å². The molecule has 4 nitrogen and oxygen atoms in total. The van der Waals surface area contributed by atoms with E-state index in [0.717, 1.165) is 31.4 Å². The maximum Gasteiger partial charge on any atom is 0.218 e. The van der Waals surface area contributed by atoms with Gasteiger partial charge in [-0.15, -0.1) is 0 Å². The van der Waals surface area contributed by atoms with Crippen LogP contribution in [0.1, 0.15) is 118 Å². The summed E-state index contributed by atoms with van der Waals surface area (Å²) in [5, 5.41) is 21.4. The number of hydrogen-bond donors (Lipinski definition) is 2. The predicted octanol–water partition coefficient (Wildman–Crippen LogP) is 7.37. The molecule has 1 saturated heterocycles. The van der Waals surface area contributed by atoms with Gasteiger partial charge >= 0.3 is 0 Å². The molecule has 1 fully saturated rings. The first-order valence-corrected chi connectivity index (χ1v) is 12.1. The summed E-state index contributed by atoms with van der Waals surface area (Å²) in [5.41, 5.74) is 0.716. The lowest BCUT2D eigenvalue weighted by atomic mass is 9.79. The Morgan fingerprint density at radius 1 is 0.793 bits per heavy atom. The molecule has 2 N–H and O–H groups in total. The number of aromatic hydroxyl groups is 2. The molecule has 4 heteroatoms. The summed E-state index contributed by atoms with van der Waals surface area (Å²) >= 11 is 0. The lowest BCUT2D eigenvalue weighted by molar-refractivity contribution is 0.241. The van der Waals surface area contributed by atoms with Gasteiger partial charge in [0.2, 0.25) is 5.88 Å². The smallest absolute Gasteiger partial charge is 0.218 e. The van der Waals surface area contributed by atoms with Crippen LogP contribution in [0.25, 0.3) is 0 Å². The molecule has 1 aliphatic heterocycles. The number of rotatable bonds is 12. The summed E-state index contributed by atoms with van der Waals surface area (Å²) in [6, 6.07) is 1.76. The average molecular weight is 407 g/mol. The van der Waals surface area contributed by atoms with Crippen LogP contribution in [0.15, 0.2) is 6.07 Å². The molecule has 1 aromatic heterocycles. The van der Waals surface area contributed by atoms with Crippen molar-refractivity contribution in [1.29, 1.82) is 0 Å². The Hall–Kier alpha value is -1.32. The topological polar surface area (TPSA) is 48.6 Å². The second-order valence-electron chi connectivity index (χ2n) is 10.4. The maximum absolute atomic E-state index is 10.9. The van der Waals surface area contributed by atoms with Crippen molar-refractivity contribution in [2.24, 2.45) is 0 Å². The number of anilines is 1. The van der Waals surface area contributed by atoms with Crippen LogP contribution >= 0.6 is 0 Å². The molecule has 0 unspecified atom stereocenters. The second kappa shape index (κ2) is 10.6. The minimum atomic E-state index is -0.0328. The summed E-state index contributed by atoms with van der Waals surface area (Å²) in [6.45, 7) is 11.9. The van der Waals surface area contributed by atoms with E-state index < -0.39 is 0 Å². The Balaban J connectivity index is 1.85. The molecule has 168 valence electrons. The van der Waals surface area contributed by atoms with Crippen molar-refractivity contribution in [2.45, 2.75) is 136 Å². The highest BCUT2D eigenvalue weighted by Gasteiger charge is 2.43. The van der Waals surface area contributed by atoms with Crippen LogP contribution in [0.3, 0.4) is 0 Å². The number of aromatic nitrogens is 1. The lowest BCUT2D eigenvalue weighted by Gasteiger charge is -2.54. The highest BCUT2D eigenvalue weighted by atomic mass is 16.3. The predicted molar refractivity (Wildman–Crippen MR) is 124 cm³/mol. The number of unbranched alkanes of at least 4 members (excludes halogenated alkanes) is 9.